The Morgan fingerprint density at radius 1 is 1.12 bits per heavy atom. The van der Waals surface area contributed by atoms with Crippen molar-refractivity contribution in [3.8, 4) is 0 Å². The summed E-state index contributed by atoms with van der Waals surface area (Å²) in [6.45, 7) is 1.97. The molecule has 14 heteroatoms. The molecular formula is C19H17F7N6O. The van der Waals surface area contributed by atoms with E-state index in [9.17, 15) is 35.5 Å². The highest BCUT2D eigenvalue weighted by Gasteiger charge is 2.46. The third-order valence-electron chi connectivity index (χ3n) is 5.39. The maximum absolute atomic E-state index is 13.5. The number of pyridine rings is 1. The highest BCUT2D eigenvalue weighted by molar-refractivity contribution is 5.94. The number of amides is 1. The summed E-state index contributed by atoms with van der Waals surface area (Å²) in [5, 5.41) is 7.71. The standard InChI is InChI=1S/C19H17F7N6O/c1-8-5-13-30(4-3-12(19(24,25)26)32(13)28-8)14(33)7-31-18-15(9(2)29-31)10(16(20)21)6-11(27-18)17(22)23/h5-6,12,16-17H,3-4,7H2,1-2H3. The molecule has 0 bridgehead atoms. The third-order valence-corrected chi connectivity index (χ3v) is 5.39. The first-order chi connectivity index (χ1) is 15.4. The number of alkyl halides is 7. The Kier molecular flexibility index (Phi) is 5.56. The maximum Gasteiger partial charge on any atom is 0.410 e. The first kappa shape index (κ1) is 23.0. The van der Waals surface area contributed by atoms with Crippen molar-refractivity contribution in [3.05, 3.63) is 34.8 Å². The minimum Gasteiger partial charge on any atom is -0.295 e. The molecule has 1 unspecified atom stereocenters. The molecule has 1 aliphatic heterocycles. The Hall–Kier alpha value is -3.19. The molecule has 1 amide bonds. The second-order valence-corrected chi connectivity index (χ2v) is 7.66. The molecule has 33 heavy (non-hydrogen) atoms. The van der Waals surface area contributed by atoms with Gasteiger partial charge in [0.05, 0.1) is 16.8 Å². The van der Waals surface area contributed by atoms with Gasteiger partial charge in [-0.2, -0.15) is 23.4 Å². The summed E-state index contributed by atoms with van der Waals surface area (Å²) in [5.41, 5.74) is -1.59. The molecule has 0 radical (unpaired) electrons. The number of aromatic nitrogens is 5. The van der Waals surface area contributed by atoms with Gasteiger partial charge in [0.1, 0.15) is 18.1 Å². The molecule has 3 aromatic heterocycles. The van der Waals surface area contributed by atoms with Crippen LogP contribution < -0.4 is 4.90 Å². The lowest BCUT2D eigenvalue weighted by Gasteiger charge is -2.33. The van der Waals surface area contributed by atoms with E-state index < -0.39 is 55.2 Å². The molecule has 1 aliphatic rings. The molecule has 178 valence electrons. The number of carbonyl (C=O) groups is 1. The van der Waals surface area contributed by atoms with Crippen LogP contribution in [0.4, 0.5) is 36.6 Å². The minimum absolute atomic E-state index is 0.0538. The van der Waals surface area contributed by atoms with Gasteiger partial charge in [-0.3, -0.25) is 9.69 Å². The number of carbonyl (C=O) groups excluding carboxylic acids is 1. The van der Waals surface area contributed by atoms with Crippen molar-refractivity contribution in [3.63, 3.8) is 0 Å². The van der Waals surface area contributed by atoms with Crippen LogP contribution in [0.5, 0.6) is 0 Å². The summed E-state index contributed by atoms with van der Waals surface area (Å²) >= 11 is 0. The number of anilines is 1. The van der Waals surface area contributed by atoms with Crippen LogP contribution in [0.15, 0.2) is 12.1 Å². The van der Waals surface area contributed by atoms with Gasteiger partial charge in [0.15, 0.2) is 11.7 Å². The summed E-state index contributed by atoms with van der Waals surface area (Å²) in [6, 6.07) is 0.0216. The summed E-state index contributed by atoms with van der Waals surface area (Å²) < 4.78 is 95.2. The van der Waals surface area contributed by atoms with E-state index in [1.54, 1.807) is 0 Å². The fraction of sp³-hybridized carbons (Fsp3) is 0.474. The maximum atomic E-state index is 13.5. The Bertz CT molecular complexity index is 1220. The van der Waals surface area contributed by atoms with E-state index in [0.717, 1.165) is 14.3 Å². The number of fused-ring (bicyclic) bond motifs is 2. The third kappa shape index (κ3) is 4.02. The summed E-state index contributed by atoms with van der Waals surface area (Å²) in [4.78, 5) is 17.8. The van der Waals surface area contributed by atoms with Gasteiger partial charge in [-0.25, -0.2) is 31.9 Å². The van der Waals surface area contributed by atoms with Crippen LogP contribution in [0.1, 0.15) is 48.0 Å². The fourth-order valence-electron chi connectivity index (χ4n) is 3.99. The van der Waals surface area contributed by atoms with E-state index in [2.05, 4.69) is 15.2 Å². The van der Waals surface area contributed by atoms with Crippen molar-refractivity contribution in [2.45, 2.75) is 51.9 Å². The van der Waals surface area contributed by atoms with Crippen molar-refractivity contribution in [2.75, 3.05) is 11.4 Å². The molecular weight excluding hydrogens is 461 g/mol. The summed E-state index contributed by atoms with van der Waals surface area (Å²) in [5.74, 6) is -0.794. The Morgan fingerprint density at radius 2 is 1.82 bits per heavy atom. The molecule has 0 aromatic carbocycles. The number of hydrogen-bond donors (Lipinski definition) is 0. The van der Waals surface area contributed by atoms with Crippen molar-refractivity contribution in [2.24, 2.45) is 0 Å². The number of nitrogens with zero attached hydrogens (tertiary/aromatic N) is 6. The van der Waals surface area contributed by atoms with E-state index >= 15 is 0 Å². The molecule has 0 aliphatic carbocycles. The van der Waals surface area contributed by atoms with Gasteiger partial charge in [-0.15, -0.1) is 0 Å². The Morgan fingerprint density at radius 3 is 2.42 bits per heavy atom. The SMILES string of the molecule is Cc1cc2n(n1)C(C(F)(F)F)CCN2C(=O)Cn1nc(C)c2c(C(F)F)cc(C(F)F)nc21. The van der Waals surface area contributed by atoms with Crippen LogP contribution in [0.2, 0.25) is 0 Å². The highest BCUT2D eigenvalue weighted by Crippen LogP contribution is 2.40. The van der Waals surface area contributed by atoms with Gasteiger partial charge in [0, 0.05) is 18.2 Å². The van der Waals surface area contributed by atoms with Gasteiger partial charge in [-0.05, 0) is 26.3 Å². The molecule has 0 fully saturated rings. The first-order valence-electron chi connectivity index (χ1n) is 9.76. The molecule has 0 saturated heterocycles. The van der Waals surface area contributed by atoms with Gasteiger partial charge in [0.25, 0.3) is 12.9 Å². The largest absolute Gasteiger partial charge is 0.410 e. The molecule has 0 spiro atoms. The van der Waals surface area contributed by atoms with Crippen LogP contribution in [0.25, 0.3) is 11.0 Å². The molecule has 3 aromatic rings. The van der Waals surface area contributed by atoms with Crippen LogP contribution in [-0.4, -0.2) is 43.2 Å². The van der Waals surface area contributed by atoms with Crippen molar-refractivity contribution in [1.82, 2.24) is 24.5 Å². The molecule has 0 saturated carbocycles. The second kappa shape index (κ2) is 7.99. The van der Waals surface area contributed by atoms with Crippen molar-refractivity contribution in [1.29, 1.82) is 0 Å². The predicted octanol–water partition coefficient (Wildman–Crippen LogP) is 4.66. The monoisotopic (exact) mass is 478 g/mol. The zero-order valence-electron chi connectivity index (χ0n) is 17.2. The normalized spacial score (nSPS) is 16.8. The quantitative estimate of drug-likeness (QED) is 0.512. The second-order valence-electron chi connectivity index (χ2n) is 7.66. The average Bonchev–Trinajstić information content (AvgIpc) is 3.24. The zero-order chi connectivity index (χ0) is 24.2. The smallest absolute Gasteiger partial charge is 0.295 e. The van der Waals surface area contributed by atoms with Crippen molar-refractivity contribution < 1.29 is 35.5 Å². The summed E-state index contributed by atoms with van der Waals surface area (Å²) in [6.07, 6.45) is -11.2. The van der Waals surface area contributed by atoms with Gasteiger partial charge in [0.2, 0.25) is 5.91 Å². The number of halogens is 7. The molecule has 4 rings (SSSR count). The number of aryl methyl sites for hydroxylation is 2. The molecule has 4 heterocycles. The average molecular weight is 478 g/mol. The lowest BCUT2D eigenvalue weighted by molar-refractivity contribution is -0.173. The minimum atomic E-state index is -4.57. The van der Waals surface area contributed by atoms with E-state index in [0.29, 0.717) is 6.07 Å². The molecule has 7 nitrogen and oxygen atoms in total. The Balaban J connectivity index is 1.73. The van der Waals surface area contributed by atoms with Crippen LogP contribution in [0.3, 0.4) is 0 Å². The highest BCUT2D eigenvalue weighted by atomic mass is 19.4. The van der Waals surface area contributed by atoms with E-state index in [1.807, 2.05) is 0 Å². The lowest BCUT2D eigenvalue weighted by atomic mass is 10.1. The van der Waals surface area contributed by atoms with Gasteiger partial charge in [-0.1, -0.05) is 0 Å². The van der Waals surface area contributed by atoms with Gasteiger partial charge < -0.3 is 0 Å². The van der Waals surface area contributed by atoms with E-state index in [-0.39, 0.29) is 34.8 Å². The first-order valence-corrected chi connectivity index (χ1v) is 9.76. The number of rotatable bonds is 4. The fourth-order valence-corrected chi connectivity index (χ4v) is 3.99. The van der Waals surface area contributed by atoms with Gasteiger partial charge >= 0.3 is 6.18 Å². The van der Waals surface area contributed by atoms with Crippen LogP contribution >= 0.6 is 0 Å². The van der Waals surface area contributed by atoms with Crippen LogP contribution in [-0.2, 0) is 11.3 Å². The molecule has 1 atom stereocenters. The topological polar surface area (TPSA) is 68.8 Å². The lowest BCUT2D eigenvalue weighted by Crippen LogP contribution is -2.44. The zero-order valence-corrected chi connectivity index (χ0v) is 17.2. The van der Waals surface area contributed by atoms with Crippen molar-refractivity contribution >= 4 is 22.8 Å². The van der Waals surface area contributed by atoms with Crippen LogP contribution in [0, 0.1) is 13.8 Å². The molecule has 0 N–H and O–H groups in total. The summed E-state index contributed by atoms with van der Waals surface area (Å²) in [7, 11) is 0. The predicted molar refractivity (Wildman–Crippen MR) is 101 cm³/mol. The Labute approximate surface area is 181 Å². The van der Waals surface area contributed by atoms with E-state index in [1.165, 1.54) is 19.9 Å². The number of hydrogen-bond acceptors (Lipinski definition) is 4. The van der Waals surface area contributed by atoms with E-state index in [4.69, 9.17) is 0 Å².